The van der Waals surface area contributed by atoms with Crippen LogP contribution in [0.25, 0.3) is 0 Å². The largest absolute Gasteiger partial charge is 0.368 e. The molecule has 5 N–H and O–H groups in total. The lowest BCUT2D eigenvalue weighted by atomic mass is 10.0. The van der Waals surface area contributed by atoms with E-state index >= 15 is 0 Å². The quantitative estimate of drug-likeness (QED) is 0.473. The van der Waals surface area contributed by atoms with Crippen LogP contribution >= 0.6 is 0 Å². The van der Waals surface area contributed by atoms with Gasteiger partial charge in [0, 0.05) is 5.92 Å². The molecule has 1 fully saturated rings. The average molecular weight is 171 g/mol. The van der Waals surface area contributed by atoms with Gasteiger partial charge in [-0.3, -0.25) is 9.59 Å². The molecule has 1 saturated heterocycles. The number of hydrogen-bond donors (Lipinski definition) is 3. The molecule has 0 bridgehead atoms. The highest BCUT2D eigenvalue weighted by Gasteiger charge is 2.33. The van der Waals surface area contributed by atoms with Crippen LogP contribution in [-0.4, -0.2) is 24.4 Å². The molecule has 68 valence electrons. The Morgan fingerprint density at radius 1 is 1.67 bits per heavy atom. The minimum atomic E-state index is -0.492. The fraction of sp³-hybridized carbons (Fsp3) is 0.714. The Kier molecular flexibility index (Phi) is 2.65. The Bertz CT molecular complexity index is 205. The van der Waals surface area contributed by atoms with Crippen molar-refractivity contribution in [3.05, 3.63) is 0 Å². The molecule has 0 aliphatic carbocycles. The van der Waals surface area contributed by atoms with E-state index in [0.717, 1.165) is 0 Å². The summed E-state index contributed by atoms with van der Waals surface area (Å²) in [6.45, 7) is 0.462. The van der Waals surface area contributed by atoms with Gasteiger partial charge in [0.1, 0.15) is 6.04 Å². The predicted molar refractivity (Wildman–Crippen MR) is 42.9 cm³/mol. The molecule has 2 atom stereocenters. The van der Waals surface area contributed by atoms with Gasteiger partial charge in [-0.1, -0.05) is 0 Å². The van der Waals surface area contributed by atoms with Crippen LogP contribution in [0.5, 0.6) is 0 Å². The monoisotopic (exact) mass is 171 g/mol. The van der Waals surface area contributed by atoms with Crippen LogP contribution in [0.15, 0.2) is 0 Å². The van der Waals surface area contributed by atoms with Crippen LogP contribution in [0, 0.1) is 5.92 Å². The number of hydrogen-bond acceptors (Lipinski definition) is 3. The molecule has 2 amide bonds. The van der Waals surface area contributed by atoms with Crippen molar-refractivity contribution in [2.24, 2.45) is 17.4 Å². The van der Waals surface area contributed by atoms with Gasteiger partial charge in [-0.15, -0.1) is 0 Å². The van der Waals surface area contributed by atoms with E-state index in [1.807, 2.05) is 0 Å². The summed E-state index contributed by atoms with van der Waals surface area (Å²) < 4.78 is 0. The van der Waals surface area contributed by atoms with Gasteiger partial charge < -0.3 is 16.8 Å². The molecule has 0 saturated carbocycles. The first-order valence-electron chi connectivity index (χ1n) is 3.95. The van der Waals surface area contributed by atoms with Gasteiger partial charge in [-0.25, -0.2) is 0 Å². The topological polar surface area (TPSA) is 98.2 Å². The molecule has 5 heteroatoms. The highest BCUT2D eigenvalue weighted by molar-refractivity contribution is 5.91. The zero-order valence-electron chi connectivity index (χ0n) is 6.75. The predicted octanol–water partition coefficient (Wildman–Crippen LogP) is -1.67. The van der Waals surface area contributed by atoms with Gasteiger partial charge in [-0.2, -0.15) is 0 Å². The highest BCUT2D eigenvalue weighted by Crippen LogP contribution is 2.17. The van der Waals surface area contributed by atoms with Crippen LogP contribution in [0.2, 0.25) is 0 Å². The number of primary amides is 1. The van der Waals surface area contributed by atoms with Crippen molar-refractivity contribution in [1.82, 2.24) is 5.32 Å². The Labute approximate surface area is 70.5 Å². The second-order valence-electron chi connectivity index (χ2n) is 2.97. The van der Waals surface area contributed by atoms with Crippen LogP contribution in [0.3, 0.4) is 0 Å². The van der Waals surface area contributed by atoms with Crippen LogP contribution in [0.4, 0.5) is 0 Å². The minimum absolute atomic E-state index is 0.107. The van der Waals surface area contributed by atoms with Crippen LogP contribution in [-0.2, 0) is 9.59 Å². The Morgan fingerprint density at radius 2 is 2.33 bits per heavy atom. The maximum absolute atomic E-state index is 11.1. The lowest BCUT2D eigenvalue weighted by Crippen LogP contribution is -2.37. The molecule has 1 rings (SSSR count). The van der Waals surface area contributed by atoms with Gasteiger partial charge in [-0.05, 0) is 19.4 Å². The molecule has 0 aromatic carbocycles. The maximum atomic E-state index is 11.1. The summed E-state index contributed by atoms with van der Waals surface area (Å²) in [6, 6.07) is -0.492. The van der Waals surface area contributed by atoms with Crippen molar-refractivity contribution in [2.75, 3.05) is 6.54 Å². The first-order chi connectivity index (χ1) is 5.65. The third kappa shape index (κ3) is 1.73. The van der Waals surface area contributed by atoms with Crippen molar-refractivity contribution >= 4 is 11.8 Å². The fourth-order valence-electron chi connectivity index (χ4n) is 1.38. The molecule has 1 aliphatic rings. The lowest BCUT2D eigenvalue weighted by molar-refractivity contribution is -0.125. The van der Waals surface area contributed by atoms with E-state index in [9.17, 15) is 9.59 Å². The first-order valence-corrected chi connectivity index (χ1v) is 3.95. The summed E-state index contributed by atoms with van der Waals surface area (Å²) in [7, 11) is 0. The van der Waals surface area contributed by atoms with Crippen molar-refractivity contribution in [2.45, 2.75) is 18.9 Å². The molecule has 12 heavy (non-hydrogen) atoms. The fourth-order valence-corrected chi connectivity index (χ4v) is 1.38. The molecule has 1 aliphatic heterocycles. The molecular formula is C7H13N3O2. The maximum Gasteiger partial charge on any atom is 0.240 e. The Hall–Kier alpha value is -1.10. The van der Waals surface area contributed by atoms with Crippen LogP contribution < -0.4 is 16.8 Å². The number of amides is 2. The molecule has 0 aromatic rings. The smallest absolute Gasteiger partial charge is 0.240 e. The van der Waals surface area contributed by atoms with Crippen molar-refractivity contribution in [3.63, 3.8) is 0 Å². The van der Waals surface area contributed by atoms with Gasteiger partial charge in [0.25, 0.3) is 0 Å². The summed E-state index contributed by atoms with van der Waals surface area (Å²) in [5.74, 6) is -0.709. The molecule has 0 aromatic heterocycles. The van der Waals surface area contributed by atoms with Gasteiger partial charge in [0.05, 0.1) is 0 Å². The second kappa shape index (κ2) is 3.53. The van der Waals surface area contributed by atoms with Crippen LogP contribution in [0.1, 0.15) is 12.8 Å². The summed E-state index contributed by atoms with van der Waals surface area (Å²) in [5, 5.41) is 2.52. The van der Waals surface area contributed by atoms with Gasteiger partial charge in [0.2, 0.25) is 11.8 Å². The van der Waals surface area contributed by atoms with E-state index in [0.29, 0.717) is 19.4 Å². The molecule has 0 spiro atoms. The van der Waals surface area contributed by atoms with Gasteiger partial charge in [0.15, 0.2) is 0 Å². The number of nitrogens with two attached hydrogens (primary N) is 2. The second-order valence-corrected chi connectivity index (χ2v) is 2.97. The molecule has 0 unspecified atom stereocenters. The lowest BCUT2D eigenvalue weighted by Gasteiger charge is -2.02. The van der Waals surface area contributed by atoms with E-state index < -0.39 is 11.9 Å². The number of carbonyl (C=O) groups is 2. The third-order valence-corrected chi connectivity index (χ3v) is 2.07. The van der Waals surface area contributed by atoms with Crippen molar-refractivity contribution in [3.8, 4) is 0 Å². The first kappa shape index (κ1) is 8.99. The summed E-state index contributed by atoms with van der Waals surface area (Å²) in [4.78, 5) is 21.8. The van der Waals surface area contributed by atoms with E-state index in [1.165, 1.54) is 0 Å². The highest BCUT2D eigenvalue weighted by atomic mass is 16.2. The van der Waals surface area contributed by atoms with E-state index in [-0.39, 0.29) is 11.8 Å². The molecule has 5 nitrogen and oxygen atoms in total. The van der Waals surface area contributed by atoms with Crippen molar-refractivity contribution in [1.29, 1.82) is 0 Å². The van der Waals surface area contributed by atoms with Gasteiger partial charge >= 0.3 is 0 Å². The number of rotatable bonds is 3. The van der Waals surface area contributed by atoms with E-state index in [1.54, 1.807) is 0 Å². The Balaban J connectivity index is 2.50. The summed E-state index contributed by atoms with van der Waals surface area (Å²) in [5.41, 5.74) is 10.3. The summed E-state index contributed by atoms with van der Waals surface area (Å²) >= 11 is 0. The zero-order chi connectivity index (χ0) is 9.14. The number of nitrogens with one attached hydrogen (secondary N) is 1. The summed E-state index contributed by atoms with van der Waals surface area (Å²) in [6.07, 6.45) is 1.11. The third-order valence-electron chi connectivity index (χ3n) is 2.07. The standard InChI is InChI=1S/C7H13N3O2/c8-2-1-4-3-5(6(9)11)10-7(4)12/h4-5H,1-3,8H2,(H2,9,11)(H,10,12)/t4-,5-/m0/s1. The number of carbonyl (C=O) groups excluding carboxylic acids is 2. The Morgan fingerprint density at radius 3 is 2.75 bits per heavy atom. The average Bonchev–Trinajstić information content (AvgIpc) is 2.34. The zero-order valence-corrected chi connectivity index (χ0v) is 6.75. The molecular weight excluding hydrogens is 158 g/mol. The minimum Gasteiger partial charge on any atom is -0.368 e. The van der Waals surface area contributed by atoms with E-state index in [2.05, 4.69) is 5.32 Å². The normalized spacial score (nSPS) is 28.6. The SMILES string of the molecule is NCC[C@H]1C[C@@H](C(N)=O)NC1=O. The molecule has 0 radical (unpaired) electrons. The van der Waals surface area contributed by atoms with E-state index in [4.69, 9.17) is 11.5 Å². The van der Waals surface area contributed by atoms with Crippen molar-refractivity contribution < 1.29 is 9.59 Å². The molecule has 1 heterocycles.